The van der Waals surface area contributed by atoms with Crippen LogP contribution < -0.4 is 10.1 Å². The Morgan fingerprint density at radius 1 is 1.03 bits per heavy atom. The van der Waals surface area contributed by atoms with Crippen molar-refractivity contribution >= 4 is 17.2 Å². The maximum atomic E-state index is 12.7. The summed E-state index contributed by atoms with van der Waals surface area (Å²) in [7, 11) is 0. The van der Waals surface area contributed by atoms with Gasteiger partial charge in [-0.05, 0) is 50.3 Å². The third-order valence-electron chi connectivity index (χ3n) is 5.14. The molecule has 1 heterocycles. The summed E-state index contributed by atoms with van der Waals surface area (Å²) in [6.07, 6.45) is 6.70. The molecule has 29 heavy (non-hydrogen) atoms. The lowest BCUT2D eigenvalue weighted by Crippen LogP contribution is -2.26. The Bertz CT molecular complexity index is 929. The van der Waals surface area contributed by atoms with E-state index in [0.29, 0.717) is 18.7 Å². The van der Waals surface area contributed by atoms with Gasteiger partial charge in [-0.3, -0.25) is 4.79 Å². The lowest BCUT2D eigenvalue weighted by atomic mass is 10.0. The van der Waals surface area contributed by atoms with Crippen LogP contribution in [0.25, 0.3) is 0 Å². The number of hydrogen-bond donors (Lipinski definition) is 1. The largest absolute Gasteiger partial charge is 0.489 e. The van der Waals surface area contributed by atoms with Crippen LogP contribution in [0.3, 0.4) is 0 Å². The number of aryl methyl sites for hydroxylation is 3. The van der Waals surface area contributed by atoms with Crippen molar-refractivity contribution in [1.29, 1.82) is 0 Å². The molecular formula is C24H26N2O2S. The first-order valence-corrected chi connectivity index (χ1v) is 11.1. The Hall–Kier alpha value is -2.66. The fourth-order valence-corrected chi connectivity index (χ4v) is 4.79. The van der Waals surface area contributed by atoms with E-state index >= 15 is 0 Å². The molecule has 150 valence electrons. The van der Waals surface area contributed by atoms with Gasteiger partial charge in [0, 0.05) is 29.0 Å². The molecule has 0 bridgehead atoms. The molecule has 1 aromatic heterocycles. The average Bonchev–Trinajstić information content (AvgIpc) is 3.19. The van der Waals surface area contributed by atoms with Crippen molar-refractivity contribution in [3.05, 3.63) is 81.3 Å². The Morgan fingerprint density at radius 3 is 2.69 bits per heavy atom. The zero-order valence-electron chi connectivity index (χ0n) is 16.5. The second kappa shape index (κ2) is 9.70. The highest BCUT2D eigenvalue weighted by atomic mass is 32.1. The summed E-state index contributed by atoms with van der Waals surface area (Å²) in [5.41, 5.74) is 2.88. The summed E-state index contributed by atoms with van der Waals surface area (Å²) in [5.74, 6) is 0.754. The lowest BCUT2D eigenvalue weighted by Gasteiger charge is -2.11. The van der Waals surface area contributed by atoms with Gasteiger partial charge in [-0.2, -0.15) is 0 Å². The molecule has 3 aromatic rings. The fourth-order valence-electron chi connectivity index (χ4n) is 3.59. The number of aromatic nitrogens is 1. The van der Waals surface area contributed by atoms with E-state index in [-0.39, 0.29) is 5.91 Å². The molecule has 1 amide bonds. The van der Waals surface area contributed by atoms with Crippen LogP contribution in [0.2, 0.25) is 0 Å². The van der Waals surface area contributed by atoms with Crippen LogP contribution >= 0.6 is 11.3 Å². The van der Waals surface area contributed by atoms with Crippen LogP contribution in [-0.2, 0) is 25.9 Å². The first-order valence-electron chi connectivity index (χ1n) is 10.3. The number of hydrogen-bond acceptors (Lipinski definition) is 4. The minimum absolute atomic E-state index is 0.0457. The van der Waals surface area contributed by atoms with E-state index in [1.54, 1.807) is 0 Å². The summed E-state index contributed by atoms with van der Waals surface area (Å²) in [6.45, 7) is 1.02. The van der Waals surface area contributed by atoms with Gasteiger partial charge >= 0.3 is 0 Å². The molecule has 1 aliphatic carbocycles. The molecule has 0 fully saturated rings. The number of para-hydroxylation sites is 1. The van der Waals surface area contributed by atoms with Gasteiger partial charge in [-0.25, -0.2) is 4.98 Å². The van der Waals surface area contributed by atoms with E-state index in [1.807, 2.05) is 65.9 Å². The summed E-state index contributed by atoms with van der Waals surface area (Å²) >= 11 is 1.86. The third kappa shape index (κ3) is 5.24. The highest BCUT2D eigenvalue weighted by molar-refractivity contribution is 7.11. The average molecular weight is 407 g/mol. The van der Waals surface area contributed by atoms with E-state index in [1.165, 1.54) is 34.8 Å². The number of nitrogens with zero attached hydrogens (tertiary/aromatic N) is 1. The Kier molecular flexibility index (Phi) is 6.57. The summed E-state index contributed by atoms with van der Waals surface area (Å²) in [6, 6.07) is 17.3. The lowest BCUT2D eigenvalue weighted by molar-refractivity contribution is 0.0950. The maximum absolute atomic E-state index is 12.7. The van der Waals surface area contributed by atoms with Crippen LogP contribution in [0.4, 0.5) is 0 Å². The summed E-state index contributed by atoms with van der Waals surface area (Å²) < 4.78 is 5.82. The number of fused-ring (bicyclic) bond motifs is 1. The van der Waals surface area contributed by atoms with Gasteiger partial charge in [0.25, 0.3) is 5.91 Å². The number of rotatable bonds is 8. The molecule has 5 heteroatoms. The van der Waals surface area contributed by atoms with Crippen LogP contribution in [0.1, 0.15) is 50.8 Å². The normalized spacial score (nSPS) is 13.0. The Balaban J connectivity index is 1.27. The van der Waals surface area contributed by atoms with Crippen molar-refractivity contribution in [1.82, 2.24) is 10.3 Å². The highest BCUT2D eigenvalue weighted by Gasteiger charge is 2.15. The van der Waals surface area contributed by atoms with E-state index in [0.717, 1.165) is 30.6 Å². The van der Waals surface area contributed by atoms with Crippen molar-refractivity contribution in [2.75, 3.05) is 6.54 Å². The molecular weight excluding hydrogens is 380 g/mol. The minimum Gasteiger partial charge on any atom is -0.489 e. The zero-order chi connectivity index (χ0) is 19.9. The standard InChI is InChI=1S/C24H26N2O2S/c27-24(25-16-8-15-23-26-21-13-6-7-14-22(21)29-23)20-12-5-4-9-18(20)17-28-19-10-2-1-3-11-19/h1-5,9-12H,6-8,13-17H2,(H,25,27). The number of ether oxygens (including phenoxy) is 1. The molecule has 0 aliphatic heterocycles. The van der Waals surface area contributed by atoms with Gasteiger partial charge < -0.3 is 10.1 Å². The van der Waals surface area contributed by atoms with E-state index < -0.39 is 0 Å². The van der Waals surface area contributed by atoms with Crippen molar-refractivity contribution in [3.8, 4) is 5.75 Å². The molecule has 0 saturated carbocycles. The molecule has 4 rings (SSSR count). The van der Waals surface area contributed by atoms with Gasteiger partial charge in [0.1, 0.15) is 12.4 Å². The third-order valence-corrected chi connectivity index (χ3v) is 6.36. The fraction of sp³-hybridized carbons (Fsp3) is 0.333. The SMILES string of the molecule is O=C(NCCCc1nc2c(s1)CCCC2)c1ccccc1COc1ccccc1. The molecule has 0 atom stereocenters. The smallest absolute Gasteiger partial charge is 0.251 e. The van der Waals surface area contributed by atoms with E-state index in [2.05, 4.69) is 5.32 Å². The molecule has 1 N–H and O–H groups in total. The predicted molar refractivity (Wildman–Crippen MR) is 117 cm³/mol. The molecule has 1 aliphatic rings. The Labute approximate surface area is 176 Å². The summed E-state index contributed by atoms with van der Waals surface area (Å²) in [4.78, 5) is 18.9. The maximum Gasteiger partial charge on any atom is 0.251 e. The van der Waals surface area contributed by atoms with Crippen LogP contribution in [0.15, 0.2) is 54.6 Å². The van der Waals surface area contributed by atoms with Gasteiger partial charge in [0.05, 0.1) is 10.7 Å². The van der Waals surface area contributed by atoms with Crippen molar-refractivity contribution in [2.24, 2.45) is 0 Å². The highest BCUT2D eigenvalue weighted by Crippen LogP contribution is 2.27. The number of carbonyl (C=O) groups is 1. The summed E-state index contributed by atoms with van der Waals surface area (Å²) in [5, 5.41) is 4.26. The Morgan fingerprint density at radius 2 is 1.83 bits per heavy atom. The predicted octanol–water partition coefficient (Wildman–Crippen LogP) is 4.96. The molecule has 0 unspecified atom stereocenters. The van der Waals surface area contributed by atoms with Crippen molar-refractivity contribution in [2.45, 2.75) is 45.1 Å². The number of benzene rings is 2. The first kappa shape index (κ1) is 19.6. The van der Waals surface area contributed by atoms with E-state index in [9.17, 15) is 4.79 Å². The zero-order valence-corrected chi connectivity index (χ0v) is 17.3. The van der Waals surface area contributed by atoms with Gasteiger partial charge in [-0.1, -0.05) is 36.4 Å². The van der Waals surface area contributed by atoms with Crippen LogP contribution in [-0.4, -0.2) is 17.4 Å². The van der Waals surface area contributed by atoms with Crippen molar-refractivity contribution < 1.29 is 9.53 Å². The van der Waals surface area contributed by atoms with Crippen LogP contribution in [0.5, 0.6) is 5.75 Å². The molecule has 2 aromatic carbocycles. The second-order valence-electron chi connectivity index (χ2n) is 7.30. The number of thiazole rings is 1. The number of nitrogens with one attached hydrogen (secondary N) is 1. The van der Waals surface area contributed by atoms with Crippen molar-refractivity contribution in [3.63, 3.8) is 0 Å². The van der Waals surface area contributed by atoms with E-state index in [4.69, 9.17) is 9.72 Å². The molecule has 0 radical (unpaired) electrons. The minimum atomic E-state index is -0.0457. The molecule has 0 spiro atoms. The topological polar surface area (TPSA) is 51.2 Å². The monoisotopic (exact) mass is 406 g/mol. The van der Waals surface area contributed by atoms with Gasteiger partial charge in [0.15, 0.2) is 0 Å². The van der Waals surface area contributed by atoms with Crippen LogP contribution in [0, 0.1) is 0 Å². The van der Waals surface area contributed by atoms with Gasteiger partial charge in [0.2, 0.25) is 0 Å². The number of amides is 1. The van der Waals surface area contributed by atoms with Gasteiger partial charge in [-0.15, -0.1) is 11.3 Å². The molecule has 0 saturated heterocycles. The molecule has 4 nitrogen and oxygen atoms in total. The second-order valence-corrected chi connectivity index (χ2v) is 8.47. The quantitative estimate of drug-likeness (QED) is 0.538. The number of carbonyl (C=O) groups excluding carboxylic acids is 1. The first-order chi connectivity index (χ1) is 14.3.